The van der Waals surface area contributed by atoms with Gasteiger partial charge >= 0.3 is 12.2 Å². The maximum absolute atomic E-state index is 12.5. The van der Waals surface area contributed by atoms with Crippen LogP contribution in [0.2, 0.25) is 0 Å². The molecule has 0 aliphatic carbocycles. The second-order valence-corrected chi connectivity index (χ2v) is 4.02. The van der Waals surface area contributed by atoms with Gasteiger partial charge in [-0.25, -0.2) is 4.79 Å². The van der Waals surface area contributed by atoms with Gasteiger partial charge in [0.05, 0.1) is 12.2 Å². The smallest absolute Gasteiger partial charge is 0.395 e. The van der Waals surface area contributed by atoms with Crippen LogP contribution in [0.15, 0.2) is 29.7 Å². The Morgan fingerprint density at radius 2 is 2.19 bits per heavy atom. The number of hydrogen-bond donors (Lipinski definition) is 3. The van der Waals surface area contributed by atoms with Gasteiger partial charge in [0.25, 0.3) is 5.56 Å². The molecular weight excluding hydrogens is 291 g/mol. The number of rotatable bonds is 5. The highest BCUT2D eigenvalue weighted by atomic mass is 19.4. The molecule has 1 aromatic rings. The molecular formula is C12H14F3N3O3. The number of pyridine rings is 1. The number of H-pyrrole nitrogens is 1. The first kappa shape index (κ1) is 16.8. The van der Waals surface area contributed by atoms with Gasteiger partial charge in [-0.05, 0) is 6.07 Å². The molecule has 3 N–H and O–H groups in total. The van der Waals surface area contributed by atoms with Crippen LogP contribution in [0.1, 0.15) is 5.56 Å². The summed E-state index contributed by atoms with van der Waals surface area (Å²) in [6.07, 6.45) is -2.74. The molecule has 0 aliphatic rings. The van der Waals surface area contributed by atoms with Crippen molar-refractivity contribution in [2.24, 2.45) is 0 Å². The number of hydrogen-bond acceptors (Lipinski definition) is 3. The number of alkyl halides is 3. The molecule has 0 bridgehead atoms. The molecule has 0 spiro atoms. The van der Waals surface area contributed by atoms with E-state index in [1.165, 1.54) is 6.08 Å². The number of aliphatic hydroxyl groups excluding tert-OH is 1. The Kier molecular flexibility index (Phi) is 5.53. The maximum Gasteiger partial charge on any atom is 0.417 e. The van der Waals surface area contributed by atoms with Crippen molar-refractivity contribution >= 4 is 11.7 Å². The molecule has 0 radical (unpaired) electrons. The zero-order valence-electron chi connectivity index (χ0n) is 10.9. The quantitative estimate of drug-likeness (QED) is 0.719. The fourth-order valence-corrected chi connectivity index (χ4v) is 1.49. The summed E-state index contributed by atoms with van der Waals surface area (Å²) in [6.45, 7) is 3.11. The highest BCUT2D eigenvalue weighted by Gasteiger charge is 2.31. The molecule has 1 aromatic heterocycles. The molecule has 116 valence electrons. The van der Waals surface area contributed by atoms with E-state index in [-0.39, 0.29) is 19.7 Å². The van der Waals surface area contributed by atoms with Crippen molar-refractivity contribution in [3.63, 3.8) is 0 Å². The molecule has 1 rings (SSSR count). The van der Waals surface area contributed by atoms with Gasteiger partial charge in [-0.2, -0.15) is 13.2 Å². The van der Waals surface area contributed by atoms with Crippen LogP contribution in [0, 0.1) is 0 Å². The van der Waals surface area contributed by atoms with Gasteiger partial charge in [0.2, 0.25) is 0 Å². The van der Waals surface area contributed by atoms with Crippen molar-refractivity contribution in [3.8, 4) is 0 Å². The van der Waals surface area contributed by atoms with Crippen molar-refractivity contribution in [1.82, 2.24) is 9.88 Å². The first-order valence-electron chi connectivity index (χ1n) is 5.87. The molecule has 21 heavy (non-hydrogen) atoms. The van der Waals surface area contributed by atoms with E-state index < -0.39 is 29.0 Å². The molecule has 9 heteroatoms. The number of aromatic amines is 1. The maximum atomic E-state index is 12.5. The monoisotopic (exact) mass is 305 g/mol. The highest BCUT2D eigenvalue weighted by Crippen LogP contribution is 2.29. The van der Waals surface area contributed by atoms with Crippen molar-refractivity contribution in [1.29, 1.82) is 0 Å². The predicted molar refractivity (Wildman–Crippen MR) is 69.9 cm³/mol. The largest absolute Gasteiger partial charge is 0.417 e. The summed E-state index contributed by atoms with van der Waals surface area (Å²) >= 11 is 0. The SMILES string of the molecule is C=CCN(CCO)C(=O)Nc1cc(C(F)(F)F)c[nH]c1=O. The lowest BCUT2D eigenvalue weighted by molar-refractivity contribution is -0.137. The van der Waals surface area contributed by atoms with Crippen LogP contribution in [0.3, 0.4) is 0 Å². The Morgan fingerprint density at radius 3 is 2.71 bits per heavy atom. The zero-order chi connectivity index (χ0) is 16.0. The summed E-state index contributed by atoms with van der Waals surface area (Å²) in [5.74, 6) is 0. The third kappa shape index (κ3) is 4.63. The molecule has 1 heterocycles. The second kappa shape index (κ2) is 6.93. The van der Waals surface area contributed by atoms with Crippen LogP contribution in [-0.4, -0.2) is 40.7 Å². The summed E-state index contributed by atoms with van der Waals surface area (Å²) in [5.41, 5.74) is -2.48. The van der Waals surface area contributed by atoms with Gasteiger partial charge in [0.15, 0.2) is 0 Å². The Bertz CT molecular complexity index is 569. The first-order valence-corrected chi connectivity index (χ1v) is 5.87. The number of amides is 2. The van der Waals surface area contributed by atoms with E-state index in [0.29, 0.717) is 12.3 Å². The minimum atomic E-state index is -4.64. The predicted octanol–water partition coefficient (Wildman–Crippen LogP) is 1.41. The van der Waals surface area contributed by atoms with E-state index in [1.54, 1.807) is 0 Å². The topological polar surface area (TPSA) is 85.4 Å². The molecule has 0 aromatic carbocycles. The minimum absolute atomic E-state index is 0.0469. The van der Waals surface area contributed by atoms with Gasteiger partial charge in [0, 0.05) is 19.3 Å². The van der Waals surface area contributed by atoms with Crippen LogP contribution in [0.4, 0.5) is 23.7 Å². The van der Waals surface area contributed by atoms with E-state index in [0.717, 1.165) is 4.90 Å². The number of nitrogens with zero attached hydrogens (tertiary/aromatic N) is 1. The van der Waals surface area contributed by atoms with Gasteiger partial charge < -0.3 is 20.3 Å². The number of anilines is 1. The molecule has 0 saturated heterocycles. The third-order valence-corrected chi connectivity index (χ3v) is 2.48. The lowest BCUT2D eigenvalue weighted by Gasteiger charge is -2.20. The lowest BCUT2D eigenvalue weighted by atomic mass is 10.2. The zero-order valence-corrected chi connectivity index (χ0v) is 10.9. The fourth-order valence-electron chi connectivity index (χ4n) is 1.49. The van der Waals surface area contributed by atoms with E-state index in [4.69, 9.17) is 5.11 Å². The molecule has 0 fully saturated rings. The lowest BCUT2D eigenvalue weighted by Crippen LogP contribution is -2.38. The summed E-state index contributed by atoms with van der Waals surface area (Å²) < 4.78 is 37.6. The summed E-state index contributed by atoms with van der Waals surface area (Å²) in [4.78, 5) is 26.3. The molecule has 0 saturated carbocycles. The number of aliphatic hydroxyl groups is 1. The number of carbonyl (C=O) groups is 1. The van der Waals surface area contributed by atoms with E-state index in [1.807, 2.05) is 4.98 Å². The summed E-state index contributed by atoms with van der Waals surface area (Å²) in [6, 6.07) is -0.268. The minimum Gasteiger partial charge on any atom is -0.395 e. The van der Waals surface area contributed by atoms with Crippen molar-refractivity contribution in [2.75, 3.05) is 25.0 Å². The number of halogens is 3. The van der Waals surface area contributed by atoms with E-state index >= 15 is 0 Å². The van der Waals surface area contributed by atoms with Gasteiger partial charge in [-0.1, -0.05) is 6.08 Å². The number of aromatic nitrogens is 1. The molecule has 6 nitrogen and oxygen atoms in total. The standard InChI is InChI=1S/C12H14F3N3O3/c1-2-3-18(4-5-19)11(21)17-9-6-8(12(13,14)15)7-16-10(9)20/h2,6-7,19H,1,3-5H2,(H,16,20)(H,17,21). The van der Waals surface area contributed by atoms with E-state index in [9.17, 15) is 22.8 Å². The number of nitrogens with one attached hydrogen (secondary N) is 2. The van der Waals surface area contributed by atoms with Gasteiger partial charge in [0.1, 0.15) is 5.69 Å². The summed E-state index contributed by atoms with van der Waals surface area (Å²) in [7, 11) is 0. The number of carbonyl (C=O) groups excluding carboxylic acids is 1. The summed E-state index contributed by atoms with van der Waals surface area (Å²) in [5, 5.41) is 10.9. The highest BCUT2D eigenvalue weighted by molar-refractivity contribution is 5.89. The molecule has 0 atom stereocenters. The van der Waals surface area contributed by atoms with Gasteiger partial charge in [-0.15, -0.1) is 6.58 Å². The fraction of sp³-hybridized carbons (Fsp3) is 0.333. The Morgan fingerprint density at radius 1 is 1.52 bits per heavy atom. The Labute approximate surface area is 117 Å². The van der Waals surface area contributed by atoms with Crippen LogP contribution >= 0.6 is 0 Å². The van der Waals surface area contributed by atoms with Crippen LogP contribution in [0.25, 0.3) is 0 Å². The molecule has 0 unspecified atom stereocenters. The Hall–Kier alpha value is -2.29. The van der Waals surface area contributed by atoms with E-state index in [2.05, 4.69) is 11.9 Å². The van der Waals surface area contributed by atoms with Crippen molar-refractivity contribution in [2.45, 2.75) is 6.18 Å². The molecule has 0 aliphatic heterocycles. The number of urea groups is 1. The first-order chi connectivity index (χ1) is 9.79. The molecule has 2 amide bonds. The second-order valence-electron chi connectivity index (χ2n) is 4.02. The van der Waals surface area contributed by atoms with Crippen molar-refractivity contribution in [3.05, 3.63) is 40.8 Å². The van der Waals surface area contributed by atoms with Crippen LogP contribution in [0.5, 0.6) is 0 Å². The van der Waals surface area contributed by atoms with Crippen LogP contribution < -0.4 is 10.9 Å². The van der Waals surface area contributed by atoms with Crippen LogP contribution in [-0.2, 0) is 6.18 Å². The third-order valence-electron chi connectivity index (χ3n) is 2.48. The average molecular weight is 305 g/mol. The average Bonchev–Trinajstić information content (AvgIpc) is 2.39. The van der Waals surface area contributed by atoms with Gasteiger partial charge in [-0.3, -0.25) is 4.79 Å². The van der Waals surface area contributed by atoms with Crippen molar-refractivity contribution < 1.29 is 23.1 Å². The normalized spacial score (nSPS) is 11.0. The Balaban J connectivity index is 2.98.